The Kier molecular flexibility index (Phi) is 4.38. The second-order valence-electron chi connectivity index (χ2n) is 6.78. The van der Waals surface area contributed by atoms with Crippen LogP contribution >= 0.6 is 0 Å². The number of fused-ring (bicyclic) bond motifs is 1. The molecule has 1 aromatic carbocycles. The van der Waals surface area contributed by atoms with Crippen LogP contribution in [0.1, 0.15) is 30.4 Å². The second-order valence-corrected chi connectivity index (χ2v) is 6.78. The van der Waals surface area contributed by atoms with Crippen LogP contribution in [0.25, 0.3) is 0 Å². The molecular weight excluding hydrogens is 337 g/mol. The minimum Gasteiger partial charge on any atom is -0.481 e. The number of urea groups is 1. The monoisotopic (exact) mass is 356 g/mol. The summed E-state index contributed by atoms with van der Waals surface area (Å²) in [4.78, 5) is 25.4. The number of amides is 2. The van der Waals surface area contributed by atoms with Gasteiger partial charge in [-0.3, -0.25) is 4.79 Å². The summed E-state index contributed by atoms with van der Waals surface area (Å²) in [6.45, 7) is 0.690. The Bertz CT molecular complexity index is 675. The molecule has 1 aromatic rings. The molecule has 0 spiro atoms. The molecule has 2 N–H and O–H groups in total. The number of alkyl halides is 3. The third-order valence-electron chi connectivity index (χ3n) is 5.31. The lowest BCUT2D eigenvalue weighted by atomic mass is 9.81. The highest BCUT2D eigenvalue weighted by Gasteiger charge is 2.55. The summed E-state index contributed by atoms with van der Waals surface area (Å²) in [5, 5.41) is 12.2. The molecule has 1 saturated carbocycles. The third-order valence-corrected chi connectivity index (χ3v) is 5.31. The number of aliphatic carboxylic acids is 1. The van der Waals surface area contributed by atoms with E-state index in [1.165, 1.54) is 17.0 Å². The zero-order chi connectivity index (χ0) is 18.2. The van der Waals surface area contributed by atoms with Crippen LogP contribution in [0.4, 0.5) is 18.0 Å². The van der Waals surface area contributed by atoms with E-state index in [0.29, 0.717) is 18.5 Å². The Balaban J connectivity index is 1.58. The maximum absolute atomic E-state index is 12.5. The summed E-state index contributed by atoms with van der Waals surface area (Å²) in [7, 11) is 0. The molecule has 5 nitrogen and oxygen atoms in total. The first kappa shape index (κ1) is 17.6. The number of carbonyl (C=O) groups is 2. The van der Waals surface area contributed by atoms with Gasteiger partial charge in [0, 0.05) is 19.6 Å². The molecule has 1 aliphatic carbocycles. The molecule has 2 amide bonds. The zero-order valence-electron chi connectivity index (χ0n) is 13.5. The number of nitrogens with zero attached hydrogens (tertiary/aromatic N) is 1. The molecular formula is C17H19F3N2O3. The molecule has 1 saturated heterocycles. The lowest BCUT2D eigenvalue weighted by Gasteiger charge is -2.23. The number of likely N-dealkylation sites (tertiary alicyclic amines) is 1. The average Bonchev–Trinajstić information content (AvgIpc) is 3.10. The van der Waals surface area contributed by atoms with Gasteiger partial charge in [-0.2, -0.15) is 13.2 Å². The molecule has 1 heterocycles. The van der Waals surface area contributed by atoms with Crippen molar-refractivity contribution < 1.29 is 27.9 Å². The fourth-order valence-corrected chi connectivity index (χ4v) is 3.89. The topological polar surface area (TPSA) is 69.6 Å². The second kappa shape index (κ2) is 6.24. The van der Waals surface area contributed by atoms with Crippen molar-refractivity contribution in [3.63, 3.8) is 0 Å². The lowest BCUT2D eigenvalue weighted by Crippen LogP contribution is -2.41. The quantitative estimate of drug-likeness (QED) is 0.874. The molecule has 136 valence electrons. The summed E-state index contributed by atoms with van der Waals surface area (Å²) < 4.78 is 37.6. The molecule has 0 unspecified atom stereocenters. The van der Waals surface area contributed by atoms with Gasteiger partial charge in [0.25, 0.3) is 0 Å². The van der Waals surface area contributed by atoms with E-state index in [1.807, 2.05) is 0 Å². The number of hydrogen-bond acceptors (Lipinski definition) is 2. The van der Waals surface area contributed by atoms with Crippen molar-refractivity contribution in [3.05, 3.63) is 35.4 Å². The van der Waals surface area contributed by atoms with E-state index in [4.69, 9.17) is 0 Å². The fourth-order valence-electron chi connectivity index (χ4n) is 3.89. The Labute approximate surface area is 142 Å². The number of carbonyl (C=O) groups excluding carboxylic acids is 1. The van der Waals surface area contributed by atoms with E-state index >= 15 is 0 Å². The molecule has 25 heavy (non-hydrogen) atoms. The van der Waals surface area contributed by atoms with Gasteiger partial charge in [-0.05, 0) is 36.5 Å². The van der Waals surface area contributed by atoms with Crippen molar-refractivity contribution in [1.29, 1.82) is 0 Å². The maximum Gasteiger partial charge on any atom is 0.416 e. The number of carboxylic acid groups (broad SMARTS) is 1. The number of benzene rings is 1. The van der Waals surface area contributed by atoms with Crippen molar-refractivity contribution in [1.82, 2.24) is 10.2 Å². The average molecular weight is 356 g/mol. The van der Waals surface area contributed by atoms with Crippen molar-refractivity contribution >= 4 is 12.0 Å². The van der Waals surface area contributed by atoms with Crippen LogP contribution in [-0.2, 0) is 17.5 Å². The number of halogens is 3. The Hall–Kier alpha value is -2.25. The van der Waals surface area contributed by atoms with Crippen LogP contribution in [0.5, 0.6) is 0 Å². The van der Waals surface area contributed by atoms with E-state index in [2.05, 4.69) is 5.32 Å². The van der Waals surface area contributed by atoms with E-state index in [-0.39, 0.29) is 25.0 Å². The third kappa shape index (κ3) is 3.29. The summed E-state index contributed by atoms with van der Waals surface area (Å²) in [6.07, 6.45) is -2.15. The van der Waals surface area contributed by atoms with Gasteiger partial charge < -0.3 is 15.3 Å². The van der Waals surface area contributed by atoms with Gasteiger partial charge in [-0.15, -0.1) is 0 Å². The first-order chi connectivity index (χ1) is 11.7. The summed E-state index contributed by atoms with van der Waals surface area (Å²) in [5.41, 5.74) is -1.03. The normalized spacial score (nSPS) is 25.7. The fraction of sp³-hybridized carbons (Fsp3) is 0.529. The zero-order valence-corrected chi connectivity index (χ0v) is 13.5. The van der Waals surface area contributed by atoms with Crippen LogP contribution < -0.4 is 5.32 Å². The molecule has 1 aliphatic heterocycles. The Morgan fingerprint density at radius 1 is 1.28 bits per heavy atom. The minimum atomic E-state index is -4.39. The number of nitrogens with one attached hydrogen (secondary N) is 1. The van der Waals surface area contributed by atoms with Crippen molar-refractivity contribution in [3.8, 4) is 0 Å². The first-order valence-corrected chi connectivity index (χ1v) is 8.15. The van der Waals surface area contributed by atoms with Crippen molar-refractivity contribution in [2.75, 3.05) is 13.1 Å². The van der Waals surface area contributed by atoms with Crippen LogP contribution in [0.2, 0.25) is 0 Å². The summed E-state index contributed by atoms with van der Waals surface area (Å²) >= 11 is 0. The van der Waals surface area contributed by atoms with Crippen LogP contribution in [0.15, 0.2) is 24.3 Å². The minimum absolute atomic E-state index is 0.0261. The molecule has 2 aliphatic rings. The van der Waals surface area contributed by atoms with Crippen LogP contribution in [-0.4, -0.2) is 35.1 Å². The molecule has 8 heteroatoms. The molecule has 0 bridgehead atoms. The van der Waals surface area contributed by atoms with Crippen molar-refractivity contribution in [2.24, 2.45) is 11.3 Å². The van der Waals surface area contributed by atoms with Gasteiger partial charge in [0.05, 0.1) is 11.0 Å². The highest BCUT2D eigenvalue weighted by Crippen LogP contribution is 2.48. The van der Waals surface area contributed by atoms with Gasteiger partial charge in [-0.25, -0.2) is 4.79 Å². The molecule has 0 aromatic heterocycles. The van der Waals surface area contributed by atoms with Gasteiger partial charge in [0.1, 0.15) is 0 Å². The molecule has 2 fully saturated rings. The molecule has 3 rings (SSSR count). The highest BCUT2D eigenvalue weighted by atomic mass is 19.4. The van der Waals surface area contributed by atoms with Gasteiger partial charge in [0.2, 0.25) is 0 Å². The predicted octanol–water partition coefficient (Wildman–Crippen LogP) is 3.10. The summed E-state index contributed by atoms with van der Waals surface area (Å²) in [5.74, 6) is -0.880. The number of hydrogen-bond donors (Lipinski definition) is 2. The number of rotatable bonds is 3. The largest absolute Gasteiger partial charge is 0.481 e. The SMILES string of the molecule is O=C(NCc1ccc(C(F)(F)F)cc1)N1C[C@@H]2CCC[C@@]2(C(=O)O)C1. The maximum atomic E-state index is 12.5. The van der Waals surface area contributed by atoms with E-state index in [9.17, 15) is 27.9 Å². The van der Waals surface area contributed by atoms with E-state index in [0.717, 1.165) is 25.0 Å². The number of carboxylic acids is 1. The van der Waals surface area contributed by atoms with Gasteiger partial charge in [0.15, 0.2) is 0 Å². The Morgan fingerprint density at radius 3 is 2.52 bits per heavy atom. The first-order valence-electron chi connectivity index (χ1n) is 8.15. The molecule has 0 radical (unpaired) electrons. The Morgan fingerprint density at radius 2 is 1.96 bits per heavy atom. The standard InChI is InChI=1S/C17H19F3N2O3/c18-17(19,20)12-5-3-11(4-6-12)8-21-15(25)22-9-13-2-1-7-16(13,10-22)14(23)24/h3-6,13H,1-2,7-10H2,(H,21,25)(H,23,24)/t13-,16+/m0/s1. The van der Waals surface area contributed by atoms with E-state index in [1.54, 1.807) is 0 Å². The molecule has 2 atom stereocenters. The van der Waals surface area contributed by atoms with Crippen molar-refractivity contribution in [2.45, 2.75) is 32.0 Å². The smallest absolute Gasteiger partial charge is 0.416 e. The predicted molar refractivity (Wildman–Crippen MR) is 82.7 cm³/mol. The lowest BCUT2D eigenvalue weighted by molar-refractivity contribution is -0.149. The summed E-state index contributed by atoms with van der Waals surface area (Å²) in [6, 6.07) is 4.21. The van der Waals surface area contributed by atoms with Gasteiger partial charge in [-0.1, -0.05) is 18.6 Å². The van der Waals surface area contributed by atoms with Crippen LogP contribution in [0.3, 0.4) is 0 Å². The van der Waals surface area contributed by atoms with Gasteiger partial charge >= 0.3 is 18.2 Å². The van der Waals surface area contributed by atoms with Crippen LogP contribution in [0, 0.1) is 11.3 Å². The highest BCUT2D eigenvalue weighted by molar-refractivity contribution is 5.80. The van der Waals surface area contributed by atoms with E-state index < -0.39 is 23.1 Å².